The van der Waals surface area contributed by atoms with Gasteiger partial charge in [-0.05, 0) is 45.0 Å². The van der Waals surface area contributed by atoms with Crippen LogP contribution in [0.15, 0.2) is 24.3 Å². The average Bonchev–Trinajstić information content (AvgIpc) is 3.07. The molecule has 0 spiro atoms. The second kappa shape index (κ2) is 12.8. The normalized spacial score (nSPS) is 14.0. The summed E-state index contributed by atoms with van der Waals surface area (Å²) in [5.74, 6) is -0.129. The third-order valence-electron chi connectivity index (χ3n) is 4.10. The van der Waals surface area contributed by atoms with Gasteiger partial charge in [0.05, 0.1) is 0 Å². The Morgan fingerprint density at radius 2 is 1.85 bits per heavy atom. The molecule has 148 valence electrons. The van der Waals surface area contributed by atoms with Crippen molar-refractivity contribution in [1.29, 1.82) is 0 Å². The third-order valence-corrected chi connectivity index (χ3v) is 4.10. The van der Waals surface area contributed by atoms with Gasteiger partial charge in [0.25, 0.3) is 0 Å². The van der Waals surface area contributed by atoms with Crippen molar-refractivity contribution >= 4 is 48.0 Å². The Balaban J connectivity index is 0.00000312. The van der Waals surface area contributed by atoms with Crippen molar-refractivity contribution in [2.75, 3.05) is 36.9 Å². The summed E-state index contributed by atoms with van der Waals surface area (Å²) in [6.07, 6.45) is 3.13. The first-order valence-electron chi connectivity index (χ1n) is 8.67. The largest absolute Gasteiger partial charge is 0.371 e. The third kappa shape index (κ3) is 8.25. The minimum absolute atomic E-state index is 0. The molecule has 0 saturated carbocycles. The zero-order valence-electron chi connectivity index (χ0n) is 15.4. The van der Waals surface area contributed by atoms with Gasteiger partial charge in [0.2, 0.25) is 11.8 Å². The average molecular weight is 405 g/mol. The van der Waals surface area contributed by atoms with Gasteiger partial charge < -0.3 is 20.9 Å². The zero-order valence-corrected chi connectivity index (χ0v) is 17.0. The Kier molecular flexibility index (Phi) is 12.1. The van der Waals surface area contributed by atoms with Gasteiger partial charge >= 0.3 is 0 Å². The smallest absolute Gasteiger partial charge is 0.226 e. The van der Waals surface area contributed by atoms with E-state index in [0.29, 0.717) is 13.0 Å². The molecule has 1 saturated heterocycles. The molecule has 2 rings (SSSR count). The van der Waals surface area contributed by atoms with Crippen LogP contribution in [0.5, 0.6) is 0 Å². The lowest BCUT2D eigenvalue weighted by atomic mass is 10.2. The van der Waals surface area contributed by atoms with Crippen molar-refractivity contribution in [1.82, 2.24) is 10.6 Å². The van der Waals surface area contributed by atoms with Crippen LogP contribution in [-0.2, 0) is 9.59 Å². The summed E-state index contributed by atoms with van der Waals surface area (Å²) >= 11 is 0. The van der Waals surface area contributed by atoms with Crippen molar-refractivity contribution < 1.29 is 9.59 Å². The van der Waals surface area contributed by atoms with Gasteiger partial charge in [-0.15, -0.1) is 24.8 Å². The fraction of sp³-hybridized carbons (Fsp3) is 0.556. The molecule has 1 atom stereocenters. The fourth-order valence-corrected chi connectivity index (χ4v) is 2.88. The number of hydrogen-bond acceptors (Lipinski definition) is 4. The van der Waals surface area contributed by atoms with Crippen molar-refractivity contribution in [3.05, 3.63) is 24.3 Å². The summed E-state index contributed by atoms with van der Waals surface area (Å²) in [6.45, 7) is 4.63. The summed E-state index contributed by atoms with van der Waals surface area (Å²) in [5.41, 5.74) is 1.96. The van der Waals surface area contributed by atoms with E-state index < -0.39 is 0 Å². The highest BCUT2D eigenvalue weighted by Crippen LogP contribution is 2.23. The number of hydrogen-bond donors (Lipinski definition) is 3. The SMILES string of the molecule is CNCCC(=O)NC(C)CC(=O)Nc1cccc(N2CCCC2)c1.Cl.Cl. The molecule has 0 radical (unpaired) electrons. The van der Waals surface area contributed by atoms with E-state index >= 15 is 0 Å². The minimum atomic E-state index is -0.184. The Hall–Kier alpha value is -1.50. The van der Waals surface area contributed by atoms with Gasteiger partial charge in [-0.1, -0.05) is 6.07 Å². The first-order chi connectivity index (χ1) is 11.6. The number of nitrogens with one attached hydrogen (secondary N) is 3. The second-order valence-corrected chi connectivity index (χ2v) is 6.32. The number of rotatable bonds is 8. The van der Waals surface area contributed by atoms with Gasteiger partial charge in [-0.3, -0.25) is 9.59 Å². The molecule has 1 heterocycles. The van der Waals surface area contributed by atoms with Crippen molar-refractivity contribution in [3.8, 4) is 0 Å². The Labute approximate surface area is 168 Å². The van der Waals surface area contributed by atoms with E-state index in [2.05, 4.69) is 26.9 Å². The van der Waals surface area contributed by atoms with Crippen LogP contribution in [0.25, 0.3) is 0 Å². The van der Waals surface area contributed by atoms with E-state index in [-0.39, 0.29) is 49.1 Å². The molecule has 1 fully saturated rings. The molecule has 3 N–H and O–H groups in total. The van der Waals surface area contributed by atoms with E-state index in [1.165, 1.54) is 12.8 Å². The number of anilines is 2. The van der Waals surface area contributed by atoms with Crippen molar-refractivity contribution in [2.45, 2.75) is 38.6 Å². The predicted molar refractivity (Wildman–Crippen MR) is 112 cm³/mol. The zero-order chi connectivity index (χ0) is 17.4. The van der Waals surface area contributed by atoms with E-state index in [9.17, 15) is 9.59 Å². The standard InChI is InChI=1S/C18H28N4O2.2ClH/c1-14(20-17(23)8-9-19-2)12-18(24)21-15-6-5-7-16(13-15)22-10-3-4-11-22;;/h5-7,13-14,19H,3-4,8-12H2,1-2H3,(H,20,23)(H,21,24);2*1H. The van der Waals surface area contributed by atoms with Crippen LogP contribution in [0.1, 0.15) is 32.6 Å². The van der Waals surface area contributed by atoms with E-state index in [0.717, 1.165) is 24.5 Å². The summed E-state index contributed by atoms with van der Waals surface area (Å²) in [4.78, 5) is 26.2. The monoisotopic (exact) mass is 404 g/mol. The molecular weight excluding hydrogens is 375 g/mol. The molecule has 1 aliphatic heterocycles. The molecule has 0 aliphatic carbocycles. The van der Waals surface area contributed by atoms with Crippen LogP contribution in [-0.4, -0.2) is 44.5 Å². The summed E-state index contributed by atoms with van der Waals surface area (Å²) in [5, 5.41) is 8.69. The number of carbonyl (C=O) groups excluding carboxylic acids is 2. The lowest BCUT2D eigenvalue weighted by Gasteiger charge is -2.19. The highest BCUT2D eigenvalue weighted by atomic mass is 35.5. The maximum absolute atomic E-state index is 12.2. The number of halogens is 2. The Bertz CT molecular complexity index is 566. The van der Waals surface area contributed by atoms with Crippen molar-refractivity contribution in [3.63, 3.8) is 0 Å². The molecule has 1 unspecified atom stereocenters. The first-order valence-corrected chi connectivity index (χ1v) is 8.67. The Morgan fingerprint density at radius 1 is 1.15 bits per heavy atom. The minimum Gasteiger partial charge on any atom is -0.371 e. The van der Waals surface area contributed by atoms with Crippen molar-refractivity contribution in [2.24, 2.45) is 0 Å². The summed E-state index contributed by atoms with van der Waals surface area (Å²) in [6, 6.07) is 7.77. The quantitative estimate of drug-likeness (QED) is 0.622. The first kappa shape index (κ1) is 24.5. The van der Waals surface area contributed by atoms with Crippen LogP contribution in [0.4, 0.5) is 11.4 Å². The maximum atomic E-state index is 12.2. The van der Waals surface area contributed by atoms with Crippen LogP contribution in [0.2, 0.25) is 0 Å². The number of benzene rings is 1. The summed E-state index contributed by atoms with van der Waals surface area (Å²) < 4.78 is 0. The lowest BCUT2D eigenvalue weighted by molar-refractivity contribution is -0.122. The summed E-state index contributed by atoms with van der Waals surface area (Å²) in [7, 11) is 1.81. The molecule has 0 aromatic heterocycles. The number of amides is 2. The molecule has 1 aromatic rings. The van der Waals surface area contributed by atoms with Gasteiger partial charge in [-0.25, -0.2) is 0 Å². The van der Waals surface area contributed by atoms with Gasteiger partial charge in [0, 0.05) is 49.9 Å². The molecule has 26 heavy (non-hydrogen) atoms. The fourth-order valence-electron chi connectivity index (χ4n) is 2.88. The Morgan fingerprint density at radius 3 is 2.50 bits per heavy atom. The van der Waals surface area contributed by atoms with E-state index in [1.807, 2.05) is 25.1 Å². The van der Waals surface area contributed by atoms with Crippen LogP contribution in [0, 0.1) is 0 Å². The van der Waals surface area contributed by atoms with Crippen LogP contribution < -0.4 is 20.9 Å². The predicted octanol–water partition coefficient (Wildman–Crippen LogP) is 2.57. The van der Waals surface area contributed by atoms with Crippen LogP contribution >= 0.6 is 24.8 Å². The van der Waals surface area contributed by atoms with Gasteiger partial charge in [0.15, 0.2) is 0 Å². The van der Waals surface area contributed by atoms with Gasteiger partial charge in [0.1, 0.15) is 0 Å². The highest BCUT2D eigenvalue weighted by molar-refractivity contribution is 5.92. The van der Waals surface area contributed by atoms with E-state index in [1.54, 1.807) is 7.05 Å². The van der Waals surface area contributed by atoms with Crippen LogP contribution in [0.3, 0.4) is 0 Å². The molecule has 1 aliphatic rings. The molecule has 6 nitrogen and oxygen atoms in total. The maximum Gasteiger partial charge on any atom is 0.226 e. The molecule has 0 bridgehead atoms. The number of nitrogens with zero attached hydrogens (tertiary/aromatic N) is 1. The number of carbonyl (C=O) groups is 2. The highest BCUT2D eigenvalue weighted by Gasteiger charge is 2.14. The molecule has 8 heteroatoms. The van der Waals surface area contributed by atoms with E-state index in [4.69, 9.17) is 0 Å². The molecule has 1 aromatic carbocycles. The molecular formula is C18H30Cl2N4O2. The van der Waals surface area contributed by atoms with Gasteiger partial charge in [-0.2, -0.15) is 0 Å². The lowest BCUT2D eigenvalue weighted by Crippen LogP contribution is -2.36. The molecule has 2 amide bonds. The topological polar surface area (TPSA) is 73.5 Å². The second-order valence-electron chi connectivity index (χ2n) is 6.32.